The van der Waals surface area contributed by atoms with Gasteiger partial charge in [0.05, 0.1) is 38.1 Å². The molecule has 1 amide bonds. The highest BCUT2D eigenvalue weighted by atomic mass is 32.2. The highest BCUT2D eigenvalue weighted by Gasteiger charge is 2.09. The van der Waals surface area contributed by atoms with Crippen LogP contribution in [0.3, 0.4) is 0 Å². The number of nitrogens with one attached hydrogen (secondary N) is 2. The van der Waals surface area contributed by atoms with E-state index in [0.29, 0.717) is 35.4 Å². The van der Waals surface area contributed by atoms with Crippen molar-refractivity contribution in [3.8, 4) is 17.6 Å². The second-order valence-electron chi connectivity index (χ2n) is 6.34. The van der Waals surface area contributed by atoms with E-state index >= 15 is 0 Å². The minimum Gasteiger partial charge on any atom is -0.493 e. The Bertz CT molecular complexity index is 1040. The fourth-order valence-corrected chi connectivity index (χ4v) is 3.33. The first-order valence-electron chi connectivity index (χ1n) is 9.13. The number of ether oxygens (including phenoxy) is 2. The predicted molar refractivity (Wildman–Crippen MR) is 111 cm³/mol. The quantitative estimate of drug-likeness (QED) is 0.477. The van der Waals surface area contributed by atoms with Crippen molar-refractivity contribution in [2.75, 3.05) is 20.0 Å². The molecule has 0 spiro atoms. The molecule has 0 aliphatic heterocycles. The lowest BCUT2D eigenvalue weighted by atomic mass is 10.2. The average Bonchev–Trinajstić information content (AvgIpc) is 3.39. The molecule has 10 heteroatoms. The van der Waals surface area contributed by atoms with Gasteiger partial charge in [-0.1, -0.05) is 17.8 Å². The topological polar surface area (TPSA) is 118 Å². The van der Waals surface area contributed by atoms with E-state index in [4.69, 9.17) is 14.7 Å². The van der Waals surface area contributed by atoms with Crippen LogP contribution in [0.4, 0.5) is 0 Å². The number of hydrogen-bond acceptors (Lipinski definition) is 7. The highest BCUT2D eigenvalue weighted by molar-refractivity contribution is 7.99. The lowest BCUT2D eigenvalue weighted by Gasteiger charge is -2.10. The molecule has 2 heterocycles. The number of methoxy groups -OCH3 is 2. The number of carbonyl (C=O) groups excluding carboxylic acids is 1. The number of rotatable bonds is 10. The van der Waals surface area contributed by atoms with E-state index in [1.54, 1.807) is 31.3 Å². The number of nitriles is 1. The summed E-state index contributed by atoms with van der Waals surface area (Å²) < 4.78 is 12.2. The van der Waals surface area contributed by atoms with Crippen molar-refractivity contribution in [3.63, 3.8) is 0 Å². The van der Waals surface area contributed by atoms with E-state index in [1.807, 2.05) is 24.4 Å². The molecule has 9 nitrogen and oxygen atoms in total. The van der Waals surface area contributed by atoms with Crippen molar-refractivity contribution >= 4 is 17.7 Å². The van der Waals surface area contributed by atoms with E-state index in [9.17, 15) is 4.79 Å². The average molecular weight is 427 g/mol. The van der Waals surface area contributed by atoms with Crippen molar-refractivity contribution in [2.45, 2.75) is 24.7 Å². The molecule has 2 N–H and O–H groups in total. The van der Waals surface area contributed by atoms with Gasteiger partial charge >= 0.3 is 0 Å². The minimum atomic E-state index is -0.120. The van der Waals surface area contributed by atoms with Gasteiger partial charge in [0, 0.05) is 31.1 Å². The fraction of sp³-hybridized carbons (Fsp3) is 0.300. The van der Waals surface area contributed by atoms with E-state index in [1.165, 1.54) is 11.8 Å². The number of hydrogen-bond donors (Lipinski definition) is 2. The second-order valence-corrected chi connectivity index (χ2v) is 7.30. The lowest BCUT2D eigenvalue weighted by Crippen LogP contribution is -2.26. The summed E-state index contributed by atoms with van der Waals surface area (Å²) in [5.41, 5.74) is 2.64. The zero-order chi connectivity index (χ0) is 21.3. The monoisotopic (exact) mass is 426 g/mol. The molecule has 1 aromatic carbocycles. The Morgan fingerprint density at radius 1 is 1.30 bits per heavy atom. The van der Waals surface area contributed by atoms with Crippen LogP contribution < -0.4 is 14.8 Å². The number of aromatic amines is 1. The molecule has 0 radical (unpaired) electrons. The molecule has 0 aliphatic carbocycles. The molecule has 0 bridgehead atoms. The van der Waals surface area contributed by atoms with Gasteiger partial charge in [-0.15, -0.1) is 0 Å². The van der Waals surface area contributed by atoms with Crippen molar-refractivity contribution in [1.82, 2.24) is 24.8 Å². The molecule has 0 aliphatic rings. The van der Waals surface area contributed by atoms with E-state index < -0.39 is 0 Å². The van der Waals surface area contributed by atoms with Crippen LogP contribution in [0.5, 0.6) is 11.5 Å². The number of benzene rings is 1. The van der Waals surface area contributed by atoms with Crippen molar-refractivity contribution in [2.24, 2.45) is 0 Å². The summed E-state index contributed by atoms with van der Waals surface area (Å²) >= 11 is 1.35. The molecule has 0 unspecified atom stereocenters. The number of aromatic nitrogens is 4. The Kier molecular flexibility index (Phi) is 7.34. The van der Waals surface area contributed by atoms with Gasteiger partial charge < -0.3 is 24.3 Å². The number of imidazole rings is 2. The molecule has 0 saturated carbocycles. The third-order valence-electron chi connectivity index (χ3n) is 4.20. The number of H-pyrrole nitrogens is 1. The van der Waals surface area contributed by atoms with Gasteiger partial charge in [0.15, 0.2) is 16.7 Å². The van der Waals surface area contributed by atoms with Gasteiger partial charge in [0.2, 0.25) is 5.91 Å². The summed E-state index contributed by atoms with van der Waals surface area (Å²) in [6.45, 7) is 0.560. The summed E-state index contributed by atoms with van der Waals surface area (Å²) in [5.74, 6) is 1.49. The standard InChI is InChI=1S/C20H22N6O3S/c1-28-17-4-3-14(7-18(17)29-2)9-22-19(27)12-26-11-16(24-13-26)8-15-10-23-20(25-15)30-6-5-21/h3-4,7,10-11,13H,6,8-9,12H2,1-2H3,(H,22,27)(H,23,25). The minimum absolute atomic E-state index is 0.120. The molecule has 3 rings (SSSR count). The van der Waals surface area contributed by atoms with Crippen LogP contribution in [0, 0.1) is 11.3 Å². The Labute approximate surface area is 178 Å². The van der Waals surface area contributed by atoms with Gasteiger partial charge in [-0.3, -0.25) is 4.79 Å². The summed E-state index contributed by atoms with van der Waals surface area (Å²) in [6.07, 6.45) is 5.76. The SMILES string of the molecule is COc1ccc(CNC(=O)Cn2cnc(Cc3cnc(SCC#N)[nH]3)c2)cc1OC. The first-order valence-corrected chi connectivity index (χ1v) is 10.1. The molecule has 3 aromatic rings. The summed E-state index contributed by atoms with van der Waals surface area (Å²) in [5, 5.41) is 12.2. The van der Waals surface area contributed by atoms with Crippen LogP contribution in [0.1, 0.15) is 17.0 Å². The Morgan fingerprint density at radius 3 is 2.90 bits per heavy atom. The summed E-state index contributed by atoms with van der Waals surface area (Å²) in [7, 11) is 3.16. The Balaban J connectivity index is 1.50. The molecular weight excluding hydrogens is 404 g/mol. The zero-order valence-electron chi connectivity index (χ0n) is 16.7. The maximum absolute atomic E-state index is 12.3. The first kappa shape index (κ1) is 21.3. The molecule has 0 atom stereocenters. The molecule has 0 fully saturated rings. The number of amides is 1. The van der Waals surface area contributed by atoms with E-state index in [0.717, 1.165) is 17.0 Å². The normalized spacial score (nSPS) is 10.4. The highest BCUT2D eigenvalue weighted by Crippen LogP contribution is 2.27. The Morgan fingerprint density at radius 2 is 2.13 bits per heavy atom. The zero-order valence-corrected chi connectivity index (χ0v) is 17.5. The third kappa shape index (κ3) is 5.78. The van der Waals surface area contributed by atoms with Crippen LogP contribution in [-0.4, -0.2) is 45.4 Å². The maximum atomic E-state index is 12.3. The molecule has 0 saturated heterocycles. The molecule has 30 heavy (non-hydrogen) atoms. The number of nitrogens with zero attached hydrogens (tertiary/aromatic N) is 4. The van der Waals surface area contributed by atoms with Crippen molar-refractivity contribution in [1.29, 1.82) is 5.26 Å². The Hall–Kier alpha value is -3.45. The van der Waals surface area contributed by atoms with Gasteiger partial charge in [0.1, 0.15) is 6.54 Å². The van der Waals surface area contributed by atoms with Crippen molar-refractivity contribution < 1.29 is 14.3 Å². The van der Waals surface area contributed by atoms with Gasteiger partial charge in [0.25, 0.3) is 0 Å². The fourth-order valence-electron chi connectivity index (χ4n) is 2.79. The molecule has 156 valence electrons. The van der Waals surface area contributed by atoms with Crippen molar-refractivity contribution in [3.05, 3.63) is 53.9 Å². The van der Waals surface area contributed by atoms with Crippen LogP contribution in [0.25, 0.3) is 0 Å². The number of thioether (sulfide) groups is 1. The van der Waals surface area contributed by atoms with Gasteiger partial charge in [-0.2, -0.15) is 5.26 Å². The third-order valence-corrected chi connectivity index (χ3v) is 4.96. The van der Waals surface area contributed by atoms with Crippen LogP contribution in [-0.2, 0) is 24.3 Å². The maximum Gasteiger partial charge on any atom is 0.240 e. The first-order chi connectivity index (χ1) is 14.6. The smallest absolute Gasteiger partial charge is 0.240 e. The van der Waals surface area contributed by atoms with Crippen LogP contribution in [0.15, 0.2) is 42.1 Å². The van der Waals surface area contributed by atoms with Crippen LogP contribution >= 0.6 is 11.8 Å². The van der Waals surface area contributed by atoms with Gasteiger partial charge in [-0.25, -0.2) is 9.97 Å². The van der Waals surface area contributed by atoms with Gasteiger partial charge in [-0.05, 0) is 17.7 Å². The molecular formula is C20H22N6O3S. The van der Waals surface area contributed by atoms with E-state index in [-0.39, 0.29) is 12.5 Å². The predicted octanol–water partition coefficient (Wildman–Crippen LogP) is 2.15. The largest absolute Gasteiger partial charge is 0.493 e. The summed E-state index contributed by atoms with van der Waals surface area (Å²) in [6, 6.07) is 7.59. The lowest BCUT2D eigenvalue weighted by molar-refractivity contribution is -0.121. The van der Waals surface area contributed by atoms with E-state index in [2.05, 4.69) is 26.3 Å². The molecule has 2 aromatic heterocycles. The summed E-state index contributed by atoms with van der Waals surface area (Å²) in [4.78, 5) is 24.0. The number of carbonyl (C=O) groups is 1. The second kappa shape index (κ2) is 10.4. The van der Waals surface area contributed by atoms with Crippen LogP contribution in [0.2, 0.25) is 0 Å².